The molecule has 4 heterocycles. The number of ketones is 1. The van der Waals surface area contributed by atoms with E-state index in [4.69, 9.17) is 9.05 Å². The molecule has 7 rings (SSSR count). The molecular formula is C36H32N4O4. The number of benzene rings is 3. The maximum atomic E-state index is 13.9. The van der Waals surface area contributed by atoms with Crippen LogP contribution in [-0.2, 0) is 13.0 Å². The highest BCUT2D eigenvalue weighted by atomic mass is 16.5. The molecule has 1 aliphatic rings. The molecule has 0 radical (unpaired) electrons. The Bertz CT molecular complexity index is 1970. The molecule has 3 aromatic carbocycles. The van der Waals surface area contributed by atoms with Crippen LogP contribution in [0.5, 0.6) is 0 Å². The standard InChI is InChI=1S/C36H32N4O4/c1-23-29(19-25-11-5-3-6-12-25)33(37-43-23)35(41)32-24(2)44-38-34(32)36(42)39-18-17-27(21-39)30-22-40(20-26-13-7-4-8-14-26)31-16-10-9-15-28(30)31/h3-16,22,27H,17-21H2,1-2H3. The zero-order chi connectivity index (χ0) is 30.2. The Hall–Kier alpha value is -5.24. The van der Waals surface area contributed by atoms with Crippen LogP contribution in [0.25, 0.3) is 10.9 Å². The molecular weight excluding hydrogens is 552 g/mol. The molecule has 0 aliphatic carbocycles. The molecule has 1 unspecified atom stereocenters. The van der Waals surface area contributed by atoms with E-state index in [1.54, 1.807) is 18.7 Å². The van der Waals surface area contributed by atoms with Gasteiger partial charge in [0, 0.05) is 54.6 Å². The first-order valence-corrected chi connectivity index (χ1v) is 14.9. The number of fused-ring (bicyclic) bond motifs is 1. The lowest BCUT2D eigenvalue weighted by atomic mass is 9.97. The molecule has 0 bridgehead atoms. The van der Waals surface area contributed by atoms with Crippen molar-refractivity contribution in [1.82, 2.24) is 19.8 Å². The highest BCUT2D eigenvalue weighted by molar-refractivity contribution is 6.15. The maximum absolute atomic E-state index is 13.9. The number of hydrogen-bond acceptors (Lipinski definition) is 6. The van der Waals surface area contributed by atoms with E-state index in [0.29, 0.717) is 30.8 Å². The van der Waals surface area contributed by atoms with Crippen LogP contribution in [-0.4, -0.2) is 44.6 Å². The first-order chi connectivity index (χ1) is 21.5. The average molecular weight is 585 g/mol. The average Bonchev–Trinajstić information content (AvgIpc) is 3.84. The largest absolute Gasteiger partial charge is 0.361 e. The lowest BCUT2D eigenvalue weighted by Crippen LogP contribution is -2.30. The van der Waals surface area contributed by atoms with Crippen molar-refractivity contribution in [2.24, 2.45) is 0 Å². The second kappa shape index (κ2) is 11.4. The molecule has 220 valence electrons. The van der Waals surface area contributed by atoms with E-state index in [1.165, 1.54) is 22.0 Å². The summed E-state index contributed by atoms with van der Waals surface area (Å²) in [5.74, 6) is 0.265. The zero-order valence-corrected chi connectivity index (χ0v) is 24.7. The number of likely N-dealkylation sites (tertiary alicyclic amines) is 1. The molecule has 1 amide bonds. The smallest absolute Gasteiger partial charge is 0.276 e. The van der Waals surface area contributed by atoms with Gasteiger partial charge in [-0.1, -0.05) is 89.2 Å². The summed E-state index contributed by atoms with van der Waals surface area (Å²) in [7, 11) is 0. The molecule has 3 aromatic heterocycles. The van der Waals surface area contributed by atoms with Crippen molar-refractivity contribution < 1.29 is 18.6 Å². The zero-order valence-electron chi connectivity index (χ0n) is 24.7. The number of amides is 1. The third-order valence-corrected chi connectivity index (χ3v) is 8.65. The molecule has 0 N–H and O–H groups in total. The van der Waals surface area contributed by atoms with E-state index in [1.807, 2.05) is 36.4 Å². The van der Waals surface area contributed by atoms with E-state index < -0.39 is 5.78 Å². The van der Waals surface area contributed by atoms with Crippen LogP contribution in [0.4, 0.5) is 0 Å². The van der Waals surface area contributed by atoms with Gasteiger partial charge in [0.15, 0.2) is 11.4 Å². The van der Waals surface area contributed by atoms with Gasteiger partial charge in [-0.2, -0.15) is 0 Å². The lowest BCUT2D eigenvalue weighted by molar-refractivity contribution is 0.0776. The van der Waals surface area contributed by atoms with Crippen molar-refractivity contribution in [2.45, 2.75) is 39.2 Å². The van der Waals surface area contributed by atoms with Gasteiger partial charge in [-0.15, -0.1) is 0 Å². The lowest BCUT2D eigenvalue weighted by Gasteiger charge is -2.15. The molecule has 44 heavy (non-hydrogen) atoms. The van der Waals surface area contributed by atoms with E-state index in [0.717, 1.165) is 18.5 Å². The number of para-hydroxylation sites is 1. The fraction of sp³-hybridized carbons (Fsp3) is 0.222. The van der Waals surface area contributed by atoms with Crippen molar-refractivity contribution in [2.75, 3.05) is 13.1 Å². The summed E-state index contributed by atoms with van der Waals surface area (Å²) in [6.45, 7) is 5.29. The van der Waals surface area contributed by atoms with Gasteiger partial charge in [0.05, 0.1) is 5.56 Å². The Kier molecular flexibility index (Phi) is 7.18. The predicted molar refractivity (Wildman–Crippen MR) is 166 cm³/mol. The number of carbonyl (C=O) groups is 2. The van der Waals surface area contributed by atoms with Gasteiger partial charge in [-0.05, 0) is 43.0 Å². The summed E-state index contributed by atoms with van der Waals surface area (Å²) in [4.78, 5) is 29.5. The minimum absolute atomic E-state index is 0.0194. The van der Waals surface area contributed by atoms with Gasteiger partial charge >= 0.3 is 0 Å². The monoisotopic (exact) mass is 584 g/mol. The van der Waals surface area contributed by atoms with Gasteiger partial charge in [0.1, 0.15) is 11.5 Å². The summed E-state index contributed by atoms with van der Waals surface area (Å²) in [5, 5.41) is 9.37. The van der Waals surface area contributed by atoms with Crippen molar-refractivity contribution in [1.29, 1.82) is 0 Å². The number of carbonyl (C=O) groups excluding carboxylic acids is 2. The van der Waals surface area contributed by atoms with Crippen molar-refractivity contribution in [3.8, 4) is 0 Å². The third kappa shape index (κ3) is 5.02. The van der Waals surface area contributed by atoms with Crippen LogP contribution in [0.2, 0.25) is 0 Å². The molecule has 8 heteroatoms. The predicted octanol–water partition coefficient (Wildman–Crippen LogP) is 6.73. The molecule has 6 aromatic rings. The van der Waals surface area contributed by atoms with Gasteiger partial charge in [-0.25, -0.2) is 0 Å². The molecule has 1 atom stereocenters. The topological polar surface area (TPSA) is 94.4 Å². The summed E-state index contributed by atoms with van der Waals surface area (Å²) >= 11 is 0. The molecule has 1 saturated heterocycles. The minimum Gasteiger partial charge on any atom is -0.361 e. The van der Waals surface area contributed by atoms with Crippen LogP contribution in [0.3, 0.4) is 0 Å². The summed E-state index contributed by atoms with van der Waals surface area (Å²) < 4.78 is 13.2. The van der Waals surface area contributed by atoms with Gasteiger partial charge in [-0.3, -0.25) is 9.59 Å². The van der Waals surface area contributed by atoms with Crippen molar-refractivity contribution >= 4 is 22.6 Å². The number of aromatic nitrogens is 3. The Morgan fingerprint density at radius 1 is 0.818 bits per heavy atom. The normalized spacial score (nSPS) is 14.9. The van der Waals surface area contributed by atoms with Crippen LogP contribution < -0.4 is 0 Å². The van der Waals surface area contributed by atoms with Crippen LogP contribution >= 0.6 is 0 Å². The fourth-order valence-electron chi connectivity index (χ4n) is 6.34. The second-order valence-corrected chi connectivity index (χ2v) is 11.5. The Morgan fingerprint density at radius 3 is 2.25 bits per heavy atom. The minimum atomic E-state index is -0.422. The van der Waals surface area contributed by atoms with Crippen molar-refractivity contribution in [3.05, 3.63) is 142 Å². The highest BCUT2D eigenvalue weighted by Crippen LogP contribution is 2.35. The third-order valence-electron chi connectivity index (χ3n) is 8.65. The highest BCUT2D eigenvalue weighted by Gasteiger charge is 2.36. The van der Waals surface area contributed by atoms with Crippen LogP contribution in [0.15, 0.2) is 100 Å². The maximum Gasteiger partial charge on any atom is 0.276 e. The Morgan fingerprint density at radius 2 is 1.48 bits per heavy atom. The second-order valence-electron chi connectivity index (χ2n) is 11.5. The van der Waals surface area contributed by atoms with Gasteiger partial charge < -0.3 is 18.5 Å². The Labute approximate surface area is 254 Å². The molecule has 0 spiro atoms. The van der Waals surface area contributed by atoms with E-state index in [9.17, 15) is 9.59 Å². The fourth-order valence-corrected chi connectivity index (χ4v) is 6.34. The number of nitrogens with zero attached hydrogens (tertiary/aromatic N) is 4. The number of hydrogen-bond donors (Lipinski definition) is 0. The number of aryl methyl sites for hydroxylation is 2. The summed E-state index contributed by atoms with van der Waals surface area (Å²) in [6, 6.07) is 28.6. The number of rotatable bonds is 8. The SMILES string of the molecule is Cc1onc(C(=O)c2c(C(=O)N3CCC(c4cn(Cc5ccccc5)c5ccccc45)C3)noc2C)c1Cc1ccccc1. The quantitative estimate of drug-likeness (QED) is 0.184. The Balaban J connectivity index is 1.14. The summed E-state index contributed by atoms with van der Waals surface area (Å²) in [6.07, 6.45) is 3.53. The van der Waals surface area contributed by atoms with Gasteiger partial charge in [0.25, 0.3) is 5.91 Å². The molecule has 8 nitrogen and oxygen atoms in total. The van der Waals surface area contributed by atoms with Crippen molar-refractivity contribution in [3.63, 3.8) is 0 Å². The molecule has 0 saturated carbocycles. The van der Waals surface area contributed by atoms with Gasteiger partial charge in [0.2, 0.25) is 5.78 Å². The first kappa shape index (κ1) is 27.6. The van der Waals surface area contributed by atoms with Crippen LogP contribution in [0, 0.1) is 13.8 Å². The van der Waals surface area contributed by atoms with Crippen LogP contribution in [0.1, 0.15) is 72.7 Å². The van der Waals surface area contributed by atoms with E-state index >= 15 is 0 Å². The summed E-state index contributed by atoms with van der Waals surface area (Å²) in [5.41, 5.74) is 5.68. The first-order valence-electron chi connectivity index (χ1n) is 14.9. The van der Waals surface area contributed by atoms with E-state index in [2.05, 4.69) is 69.6 Å². The molecule has 1 fully saturated rings. The molecule has 1 aliphatic heterocycles. The van der Waals surface area contributed by atoms with E-state index in [-0.39, 0.29) is 34.5 Å².